The third-order valence-electron chi connectivity index (χ3n) is 8.30. The lowest BCUT2D eigenvalue weighted by atomic mass is 10.1. The van der Waals surface area contributed by atoms with Crippen molar-refractivity contribution in [1.82, 2.24) is 0 Å². The molecule has 0 aromatic carbocycles. The van der Waals surface area contributed by atoms with E-state index in [4.69, 9.17) is 12.9 Å². The maximum atomic E-state index is 14.1. The summed E-state index contributed by atoms with van der Waals surface area (Å²) >= 11 is 0. The monoisotopic (exact) mass is 480 g/mol. The molecule has 174 valence electrons. The van der Waals surface area contributed by atoms with Gasteiger partial charge in [0.15, 0.2) is 0 Å². The molecule has 1 heterocycles. The second kappa shape index (κ2) is 9.08. The van der Waals surface area contributed by atoms with Gasteiger partial charge in [-0.2, -0.15) is 0 Å². The highest BCUT2D eigenvalue weighted by Gasteiger charge is 2.62. The quantitative estimate of drug-likeness (QED) is 0.355. The lowest BCUT2D eigenvalue weighted by Gasteiger charge is -2.40. The van der Waals surface area contributed by atoms with Crippen LogP contribution in [0.15, 0.2) is 0 Å². The molecule has 1 aliphatic heterocycles. The van der Waals surface area contributed by atoms with E-state index in [2.05, 4.69) is 20.8 Å². The van der Waals surface area contributed by atoms with Gasteiger partial charge in [0.25, 0.3) is 0 Å². The standard InChI is InChI=1S/C21H39O6P3/c1-4-16-7-10-19(13-16)28(22)25-29(23,20-11-8-17(5-2)14-20)27-30(24,26-28)21-12-9-18(6-3)15-21/h16-21H,4-15H2,1-3H3. The van der Waals surface area contributed by atoms with Crippen LogP contribution in [0.4, 0.5) is 0 Å². The SMILES string of the molecule is CCC1CCC(P2(=O)OP(=O)(C3CCC(CC)C3)OP(=O)(C3CCC(CC)C3)O2)C1. The maximum absolute atomic E-state index is 14.1. The summed E-state index contributed by atoms with van der Waals surface area (Å²) in [6, 6.07) is 0. The minimum atomic E-state index is -3.77. The normalized spacial score (nSPS) is 52.1. The molecule has 6 atom stereocenters. The van der Waals surface area contributed by atoms with Gasteiger partial charge in [-0.15, -0.1) is 0 Å². The Labute approximate surface area is 182 Å². The van der Waals surface area contributed by atoms with Crippen molar-refractivity contribution in [3.05, 3.63) is 0 Å². The average Bonchev–Trinajstić information content (AvgIpc) is 3.47. The van der Waals surface area contributed by atoms with Gasteiger partial charge in [-0.1, -0.05) is 40.0 Å². The predicted molar refractivity (Wildman–Crippen MR) is 120 cm³/mol. The molecule has 6 nitrogen and oxygen atoms in total. The number of hydrogen-bond donors (Lipinski definition) is 0. The third kappa shape index (κ3) is 4.49. The molecule has 0 radical (unpaired) electrons. The second-order valence-corrected chi connectivity index (χ2v) is 17.5. The van der Waals surface area contributed by atoms with E-state index in [9.17, 15) is 13.7 Å². The van der Waals surface area contributed by atoms with Crippen LogP contribution in [-0.4, -0.2) is 17.0 Å². The highest BCUT2D eigenvalue weighted by molar-refractivity contribution is 7.81. The van der Waals surface area contributed by atoms with Gasteiger partial charge in [0.05, 0.1) is 17.0 Å². The second-order valence-electron chi connectivity index (χ2n) is 10.1. The van der Waals surface area contributed by atoms with Gasteiger partial charge in [-0.25, -0.2) is 12.9 Å². The lowest BCUT2D eigenvalue weighted by molar-refractivity contribution is 0.256. The fraction of sp³-hybridized carbons (Fsp3) is 1.00. The Kier molecular flexibility index (Phi) is 7.18. The Morgan fingerprint density at radius 3 is 1.00 bits per heavy atom. The van der Waals surface area contributed by atoms with E-state index in [1.165, 1.54) is 0 Å². The molecule has 4 aliphatic rings. The van der Waals surface area contributed by atoms with Gasteiger partial charge in [0.2, 0.25) is 0 Å². The van der Waals surface area contributed by atoms with Crippen molar-refractivity contribution in [2.45, 2.75) is 115 Å². The van der Waals surface area contributed by atoms with Crippen LogP contribution in [0.5, 0.6) is 0 Å². The molecule has 3 saturated carbocycles. The molecular formula is C21H39O6P3. The zero-order chi connectivity index (χ0) is 21.6. The molecule has 0 bridgehead atoms. The van der Waals surface area contributed by atoms with Crippen molar-refractivity contribution in [2.24, 2.45) is 17.8 Å². The first-order valence-electron chi connectivity index (χ1n) is 12.2. The zero-order valence-electron chi connectivity index (χ0n) is 18.7. The maximum Gasteiger partial charge on any atom is 0.348 e. The summed E-state index contributed by atoms with van der Waals surface area (Å²) < 4.78 is 60.0. The first-order valence-corrected chi connectivity index (χ1v) is 17.0. The fourth-order valence-electron chi connectivity index (χ4n) is 6.04. The van der Waals surface area contributed by atoms with Crippen LogP contribution in [0.25, 0.3) is 0 Å². The summed E-state index contributed by atoms with van der Waals surface area (Å²) in [6.07, 6.45) is 10.3. The molecule has 0 aromatic rings. The van der Waals surface area contributed by atoms with Crippen molar-refractivity contribution in [2.75, 3.05) is 0 Å². The fourth-order valence-corrected chi connectivity index (χ4v) is 17.3. The molecule has 9 heteroatoms. The topological polar surface area (TPSA) is 78.9 Å². The zero-order valence-corrected chi connectivity index (χ0v) is 21.4. The Balaban J connectivity index is 1.64. The summed E-state index contributed by atoms with van der Waals surface area (Å²) in [5.74, 6) is 1.42. The highest BCUT2D eigenvalue weighted by atomic mass is 31.3. The Bertz CT molecular complexity index is 652. The van der Waals surface area contributed by atoms with Crippen LogP contribution in [0.1, 0.15) is 97.8 Å². The molecule has 3 aliphatic carbocycles. The molecular weight excluding hydrogens is 441 g/mol. The van der Waals surface area contributed by atoms with Crippen LogP contribution in [0, 0.1) is 17.8 Å². The van der Waals surface area contributed by atoms with Crippen molar-refractivity contribution < 1.29 is 26.6 Å². The van der Waals surface area contributed by atoms with Crippen LogP contribution < -0.4 is 0 Å². The first-order chi connectivity index (χ1) is 14.2. The lowest BCUT2D eigenvalue weighted by Crippen LogP contribution is -2.22. The first kappa shape index (κ1) is 23.7. The van der Waals surface area contributed by atoms with E-state index in [0.29, 0.717) is 17.8 Å². The molecule has 4 fully saturated rings. The van der Waals surface area contributed by atoms with Gasteiger partial charge in [-0.05, 0) is 75.5 Å². The average molecular weight is 480 g/mol. The molecule has 0 aromatic heterocycles. The van der Waals surface area contributed by atoms with E-state index in [-0.39, 0.29) is 17.0 Å². The minimum Gasteiger partial charge on any atom is -0.259 e. The Morgan fingerprint density at radius 2 is 0.800 bits per heavy atom. The summed E-state index contributed by atoms with van der Waals surface area (Å²) in [7, 11) is -11.3. The number of rotatable bonds is 6. The minimum absolute atomic E-state index is 0.306. The third-order valence-corrected chi connectivity index (χ3v) is 17.9. The summed E-state index contributed by atoms with van der Waals surface area (Å²) in [4.78, 5) is 0. The van der Waals surface area contributed by atoms with Crippen LogP contribution in [0.3, 0.4) is 0 Å². The smallest absolute Gasteiger partial charge is 0.259 e. The molecule has 4 rings (SSSR count). The summed E-state index contributed by atoms with van der Waals surface area (Å²) in [5, 5.41) is 0. The molecule has 1 saturated heterocycles. The summed E-state index contributed by atoms with van der Waals surface area (Å²) in [6.45, 7) is 6.41. The van der Waals surface area contributed by atoms with Gasteiger partial charge < -0.3 is 0 Å². The van der Waals surface area contributed by atoms with Crippen molar-refractivity contribution in [3.63, 3.8) is 0 Å². The van der Waals surface area contributed by atoms with Crippen LogP contribution in [-0.2, 0) is 26.6 Å². The van der Waals surface area contributed by atoms with Crippen molar-refractivity contribution >= 4 is 22.8 Å². The predicted octanol–water partition coefficient (Wildman–Crippen LogP) is 8.37. The molecule has 6 unspecified atom stereocenters. The van der Waals surface area contributed by atoms with Gasteiger partial charge >= 0.3 is 22.8 Å². The van der Waals surface area contributed by atoms with E-state index >= 15 is 0 Å². The molecule has 0 amide bonds. The van der Waals surface area contributed by atoms with Crippen LogP contribution in [0.2, 0.25) is 0 Å². The van der Waals surface area contributed by atoms with E-state index in [0.717, 1.165) is 77.0 Å². The number of hydrogen-bond acceptors (Lipinski definition) is 6. The Morgan fingerprint density at radius 1 is 0.533 bits per heavy atom. The summed E-state index contributed by atoms with van der Waals surface area (Å²) in [5.41, 5.74) is -0.917. The van der Waals surface area contributed by atoms with Gasteiger partial charge in [0, 0.05) is 0 Å². The molecule has 0 spiro atoms. The highest BCUT2D eigenvalue weighted by Crippen LogP contribution is 2.88. The Hall–Kier alpha value is 0.570. The molecule has 30 heavy (non-hydrogen) atoms. The van der Waals surface area contributed by atoms with Gasteiger partial charge in [-0.3, -0.25) is 13.7 Å². The van der Waals surface area contributed by atoms with Crippen molar-refractivity contribution in [1.29, 1.82) is 0 Å². The van der Waals surface area contributed by atoms with E-state index in [1.54, 1.807) is 0 Å². The largest absolute Gasteiger partial charge is 0.348 e. The van der Waals surface area contributed by atoms with E-state index < -0.39 is 22.8 Å². The van der Waals surface area contributed by atoms with Crippen LogP contribution >= 0.6 is 22.8 Å². The molecule has 0 N–H and O–H groups in total. The van der Waals surface area contributed by atoms with Crippen molar-refractivity contribution in [3.8, 4) is 0 Å². The van der Waals surface area contributed by atoms with E-state index in [1.807, 2.05) is 0 Å². The van der Waals surface area contributed by atoms with Gasteiger partial charge in [0.1, 0.15) is 0 Å².